The van der Waals surface area contributed by atoms with Gasteiger partial charge >= 0.3 is 12.0 Å². The van der Waals surface area contributed by atoms with E-state index in [0.29, 0.717) is 26.1 Å². The fourth-order valence-corrected chi connectivity index (χ4v) is 3.77. The third-order valence-corrected chi connectivity index (χ3v) is 5.59. The van der Waals surface area contributed by atoms with Crippen molar-refractivity contribution in [2.45, 2.75) is 26.4 Å². The van der Waals surface area contributed by atoms with Gasteiger partial charge in [-0.3, -0.25) is 4.79 Å². The fraction of sp³-hybridized carbons (Fsp3) is 0.318. The van der Waals surface area contributed by atoms with E-state index in [1.807, 2.05) is 42.7 Å². The minimum absolute atomic E-state index is 0.221. The number of benzene rings is 2. The molecule has 7 heteroatoms. The molecule has 3 aromatic rings. The molecular formula is C22H24N4O3. The number of nitrogens with one attached hydrogen (secondary N) is 1. The molecule has 150 valence electrons. The predicted octanol–water partition coefficient (Wildman–Crippen LogP) is 3.09. The quantitative estimate of drug-likeness (QED) is 0.698. The van der Waals surface area contributed by atoms with Gasteiger partial charge in [0, 0.05) is 26.2 Å². The topological polar surface area (TPSA) is 87.5 Å². The number of hydrogen-bond acceptors (Lipinski definition) is 3. The van der Waals surface area contributed by atoms with Crippen LogP contribution < -0.4 is 5.32 Å². The summed E-state index contributed by atoms with van der Waals surface area (Å²) < 4.78 is 2.10. The molecule has 7 nitrogen and oxygen atoms in total. The number of likely N-dealkylation sites (tertiary alicyclic amines) is 1. The molecule has 1 aromatic heterocycles. The van der Waals surface area contributed by atoms with E-state index in [0.717, 1.165) is 22.2 Å². The van der Waals surface area contributed by atoms with Crippen LogP contribution in [-0.2, 0) is 17.9 Å². The molecule has 0 radical (unpaired) electrons. The largest absolute Gasteiger partial charge is 0.481 e. The van der Waals surface area contributed by atoms with Crippen LogP contribution in [0, 0.1) is 5.41 Å². The summed E-state index contributed by atoms with van der Waals surface area (Å²) in [6.45, 7) is 3.49. The maximum Gasteiger partial charge on any atom is 0.317 e. The zero-order chi connectivity index (χ0) is 20.4. The van der Waals surface area contributed by atoms with Crippen LogP contribution in [0.2, 0.25) is 0 Å². The molecule has 2 N–H and O–H groups in total. The van der Waals surface area contributed by atoms with Gasteiger partial charge in [0.25, 0.3) is 0 Å². The summed E-state index contributed by atoms with van der Waals surface area (Å²) >= 11 is 0. The zero-order valence-corrected chi connectivity index (χ0v) is 16.3. The average molecular weight is 392 g/mol. The van der Waals surface area contributed by atoms with Crippen LogP contribution >= 0.6 is 0 Å². The maximum absolute atomic E-state index is 12.4. The van der Waals surface area contributed by atoms with Gasteiger partial charge in [-0.15, -0.1) is 0 Å². The number of carboxylic acids is 1. The lowest BCUT2D eigenvalue weighted by Gasteiger charge is -2.20. The number of carbonyl (C=O) groups excluding carboxylic acids is 1. The molecular weight excluding hydrogens is 368 g/mol. The molecule has 0 aliphatic carbocycles. The Balaban J connectivity index is 1.38. The van der Waals surface area contributed by atoms with Crippen molar-refractivity contribution in [1.29, 1.82) is 0 Å². The highest BCUT2D eigenvalue weighted by Crippen LogP contribution is 2.30. The van der Waals surface area contributed by atoms with Gasteiger partial charge in [0.05, 0.1) is 22.8 Å². The summed E-state index contributed by atoms with van der Waals surface area (Å²) in [5.41, 5.74) is 3.32. The Hall–Kier alpha value is -3.35. The van der Waals surface area contributed by atoms with Crippen LogP contribution in [-0.4, -0.2) is 44.6 Å². The molecule has 0 spiro atoms. The third kappa shape index (κ3) is 3.94. The standard InChI is InChI=1S/C22H24N4O3/c1-22(20(27)28)9-10-25(14-22)21(29)23-12-16-5-4-6-17(11-16)13-26-15-24-18-7-2-3-8-19(18)26/h2-8,11,15H,9-10,12-14H2,1H3,(H,23,29)(H,27,28). The summed E-state index contributed by atoms with van der Waals surface area (Å²) in [5, 5.41) is 12.2. The van der Waals surface area contributed by atoms with E-state index in [1.165, 1.54) is 0 Å². The van der Waals surface area contributed by atoms with Crippen molar-refractivity contribution in [2.75, 3.05) is 13.1 Å². The van der Waals surface area contributed by atoms with Crippen LogP contribution in [0.1, 0.15) is 24.5 Å². The molecule has 2 heterocycles. The van der Waals surface area contributed by atoms with E-state index in [4.69, 9.17) is 0 Å². The second kappa shape index (κ2) is 7.58. The highest BCUT2D eigenvalue weighted by atomic mass is 16.4. The molecule has 0 saturated carbocycles. The van der Waals surface area contributed by atoms with Crippen LogP contribution in [0.15, 0.2) is 54.9 Å². The van der Waals surface area contributed by atoms with Gasteiger partial charge in [0.15, 0.2) is 0 Å². The van der Waals surface area contributed by atoms with Crippen molar-refractivity contribution in [3.63, 3.8) is 0 Å². The minimum Gasteiger partial charge on any atom is -0.481 e. The van der Waals surface area contributed by atoms with Gasteiger partial charge in [0.1, 0.15) is 0 Å². The number of imidazole rings is 1. The maximum atomic E-state index is 12.4. The van der Waals surface area contributed by atoms with Crippen molar-refractivity contribution in [2.24, 2.45) is 5.41 Å². The molecule has 4 rings (SSSR count). The van der Waals surface area contributed by atoms with Gasteiger partial charge in [-0.1, -0.05) is 36.4 Å². The first-order chi connectivity index (χ1) is 13.9. The SMILES string of the molecule is CC1(C(=O)O)CCN(C(=O)NCc2cccc(Cn3cnc4ccccc43)c2)C1. The first-order valence-corrected chi connectivity index (χ1v) is 9.68. The highest BCUT2D eigenvalue weighted by molar-refractivity contribution is 5.79. The average Bonchev–Trinajstić information content (AvgIpc) is 3.32. The first-order valence-electron chi connectivity index (χ1n) is 9.68. The molecule has 2 aromatic carbocycles. The van der Waals surface area contributed by atoms with E-state index in [1.54, 1.807) is 11.8 Å². The number of para-hydroxylation sites is 2. The molecule has 1 fully saturated rings. The number of nitrogens with zero attached hydrogens (tertiary/aromatic N) is 3. The summed E-state index contributed by atoms with van der Waals surface area (Å²) in [5.74, 6) is -0.854. The monoisotopic (exact) mass is 392 g/mol. The first kappa shape index (κ1) is 19.0. The second-order valence-corrected chi connectivity index (χ2v) is 7.88. The van der Waals surface area contributed by atoms with Crippen LogP contribution in [0.25, 0.3) is 11.0 Å². The predicted molar refractivity (Wildman–Crippen MR) is 109 cm³/mol. The Kier molecular flexibility index (Phi) is 4.96. The number of urea groups is 1. The van der Waals surface area contributed by atoms with E-state index >= 15 is 0 Å². The summed E-state index contributed by atoms with van der Waals surface area (Å²) in [4.78, 5) is 29.8. The Morgan fingerprint density at radius 3 is 2.76 bits per heavy atom. The molecule has 29 heavy (non-hydrogen) atoms. The van der Waals surface area contributed by atoms with Crippen molar-refractivity contribution < 1.29 is 14.7 Å². The number of aliphatic carboxylic acids is 1. The number of fused-ring (bicyclic) bond motifs is 1. The molecule has 1 aliphatic rings. The van der Waals surface area contributed by atoms with Gasteiger partial charge in [-0.25, -0.2) is 9.78 Å². The lowest BCUT2D eigenvalue weighted by atomic mass is 9.90. The van der Waals surface area contributed by atoms with Gasteiger partial charge < -0.3 is 19.9 Å². The van der Waals surface area contributed by atoms with Crippen molar-refractivity contribution in [1.82, 2.24) is 19.8 Å². The highest BCUT2D eigenvalue weighted by Gasteiger charge is 2.42. The summed E-state index contributed by atoms with van der Waals surface area (Å²) in [6, 6.07) is 15.9. The second-order valence-electron chi connectivity index (χ2n) is 7.88. The lowest BCUT2D eigenvalue weighted by molar-refractivity contribution is -0.147. The number of amides is 2. The molecule has 1 saturated heterocycles. The molecule has 0 bridgehead atoms. The molecule has 1 aliphatic heterocycles. The summed E-state index contributed by atoms with van der Waals surface area (Å²) in [7, 11) is 0. The van der Waals surface area contributed by atoms with E-state index in [9.17, 15) is 14.7 Å². The third-order valence-electron chi connectivity index (χ3n) is 5.59. The number of rotatable bonds is 5. The summed E-state index contributed by atoms with van der Waals surface area (Å²) in [6.07, 6.45) is 2.32. The molecule has 2 amide bonds. The van der Waals surface area contributed by atoms with Crippen molar-refractivity contribution >= 4 is 23.0 Å². The molecule has 1 atom stereocenters. The van der Waals surface area contributed by atoms with E-state index < -0.39 is 11.4 Å². The number of aromatic nitrogens is 2. The van der Waals surface area contributed by atoms with Crippen LogP contribution in [0.4, 0.5) is 4.79 Å². The fourth-order valence-electron chi connectivity index (χ4n) is 3.77. The molecule has 1 unspecified atom stereocenters. The normalized spacial score (nSPS) is 18.9. The smallest absolute Gasteiger partial charge is 0.317 e. The van der Waals surface area contributed by atoms with Crippen LogP contribution in [0.3, 0.4) is 0 Å². The van der Waals surface area contributed by atoms with Crippen LogP contribution in [0.5, 0.6) is 0 Å². The van der Waals surface area contributed by atoms with Gasteiger partial charge in [-0.2, -0.15) is 0 Å². The van der Waals surface area contributed by atoms with Gasteiger partial charge in [0.2, 0.25) is 0 Å². The number of carbonyl (C=O) groups is 2. The Morgan fingerprint density at radius 2 is 1.97 bits per heavy atom. The van der Waals surface area contributed by atoms with Crippen molar-refractivity contribution in [3.05, 3.63) is 66.0 Å². The van der Waals surface area contributed by atoms with E-state index in [2.05, 4.69) is 27.0 Å². The number of carboxylic acid groups (broad SMARTS) is 1. The Bertz CT molecular complexity index is 1060. The van der Waals surface area contributed by atoms with E-state index in [-0.39, 0.29) is 12.6 Å². The van der Waals surface area contributed by atoms with Gasteiger partial charge in [-0.05, 0) is 36.6 Å². The van der Waals surface area contributed by atoms with Crippen molar-refractivity contribution in [3.8, 4) is 0 Å². The minimum atomic E-state index is -0.856. The Labute approximate surface area is 169 Å². The zero-order valence-electron chi connectivity index (χ0n) is 16.3. The number of hydrogen-bond donors (Lipinski definition) is 2. The lowest BCUT2D eigenvalue weighted by Crippen LogP contribution is -2.40. The Morgan fingerprint density at radius 1 is 1.17 bits per heavy atom.